The topological polar surface area (TPSA) is 59.2 Å². The monoisotopic (exact) mass is 770 g/mol. The second kappa shape index (κ2) is 12.3. The fourth-order valence-electron chi connectivity index (χ4n) is 10.9. The number of aliphatic imine (C=N–C) groups is 1. The van der Waals surface area contributed by atoms with Crippen LogP contribution in [0.2, 0.25) is 0 Å². The fraction of sp³-hybridized carbons (Fsp3) is 0.111. The number of amidine groups is 1. The quantitative estimate of drug-likeness (QED) is 0.179. The molecule has 8 aromatic rings. The van der Waals surface area contributed by atoms with Crippen LogP contribution in [0.4, 0.5) is 5.69 Å². The molecule has 1 spiro atoms. The summed E-state index contributed by atoms with van der Waals surface area (Å²) in [6.45, 7) is 2.37. The Morgan fingerprint density at radius 1 is 0.617 bits per heavy atom. The molecule has 0 fully saturated rings. The Kier molecular flexibility index (Phi) is 6.87. The van der Waals surface area contributed by atoms with Crippen molar-refractivity contribution in [3.8, 4) is 39.9 Å². The van der Waals surface area contributed by atoms with Gasteiger partial charge in [0.25, 0.3) is 0 Å². The Labute approximate surface area is 347 Å². The smallest absolute Gasteiger partial charge is 0.238 e. The van der Waals surface area contributed by atoms with Gasteiger partial charge in [0.15, 0.2) is 11.6 Å². The number of fused-ring (bicyclic) bond motifs is 14. The van der Waals surface area contributed by atoms with Crippen molar-refractivity contribution in [2.24, 2.45) is 4.99 Å². The fourth-order valence-corrected chi connectivity index (χ4v) is 10.9. The predicted molar refractivity (Wildman–Crippen MR) is 243 cm³/mol. The molecule has 0 bridgehead atoms. The highest BCUT2D eigenvalue weighted by Crippen LogP contribution is 2.65. The molecular weight excluding hydrogens is 733 g/mol. The molecule has 6 heteroatoms. The molecular formula is C54H38N6. The first kappa shape index (κ1) is 33.5. The van der Waals surface area contributed by atoms with Crippen molar-refractivity contribution in [1.29, 1.82) is 0 Å². The largest absolute Gasteiger partial charge is 0.316 e. The van der Waals surface area contributed by atoms with Gasteiger partial charge in [0.05, 0.1) is 22.3 Å². The molecule has 0 N–H and O–H groups in total. The molecule has 2 aliphatic heterocycles. The molecule has 2 unspecified atom stereocenters. The first-order chi connectivity index (χ1) is 29.6. The maximum Gasteiger partial charge on any atom is 0.238 e. The van der Waals surface area contributed by atoms with Crippen LogP contribution in [0.5, 0.6) is 0 Å². The number of rotatable bonds is 4. The lowest BCUT2D eigenvalue weighted by Gasteiger charge is -2.37. The molecule has 2 atom stereocenters. The minimum Gasteiger partial charge on any atom is -0.316 e. The van der Waals surface area contributed by atoms with E-state index in [1.807, 2.05) is 36.4 Å². The van der Waals surface area contributed by atoms with Gasteiger partial charge in [0, 0.05) is 33.2 Å². The number of benzene rings is 6. The lowest BCUT2D eigenvalue weighted by atomic mass is 9.68. The van der Waals surface area contributed by atoms with Gasteiger partial charge in [-0.15, -0.1) is 0 Å². The Morgan fingerprint density at radius 2 is 1.33 bits per heavy atom. The van der Waals surface area contributed by atoms with Crippen molar-refractivity contribution < 1.29 is 0 Å². The third-order valence-corrected chi connectivity index (χ3v) is 13.5. The molecule has 6 nitrogen and oxygen atoms in total. The average molecular weight is 771 g/mol. The van der Waals surface area contributed by atoms with Crippen molar-refractivity contribution in [1.82, 2.24) is 19.5 Å². The first-order valence-corrected chi connectivity index (χ1v) is 20.9. The van der Waals surface area contributed by atoms with Crippen LogP contribution in [0.25, 0.3) is 67.2 Å². The second-order valence-electron chi connectivity index (χ2n) is 16.7. The minimum absolute atomic E-state index is 0.275. The van der Waals surface area contributed by atoms with E-state index in [9.17, 15) is 0 Å². The molecule has 284 valence electrons. The number of nitrogens with zero attached hydrogens (tertiary/aromatic N) is 6. The SMILES string of the molecule is CC12CC=CC=C1N=C1N2c2cccc(-c3ccc4c(c3)c3ccccc3n4-c3nc(-c4ccccc4)nc(-c4ccccc4)n3)c2C12C1=C(C=CCC1)c1ccccc12. The van der Waals surface area contributed by atoms with Crippen molar-refractivity contribution in [2.75, 3.05) is 4.90 Å². The molecule has 3 aliphatic carbocycles. The summed E-state index contributed by atoms with van der Waals surface area (Å²) in [5.74, 6) is 3.01. The standard InChI is InChI=1S/C54H38N6/c1-53-32-15-14-29-47(53)55-51-54(42-25-11-8-21-38(42)39-22-9-12-26-43(39)54)48-37(24-16-28-46(48)60(51)53)36-30-31-45-41(33-36)40-23-10-13-27-44(40)59(45)52-57-49(34-17-4-2-5-18-34)56-50(58-52)35-19-6-3-7-20-35/h2-11,13-25,27-31,33H,12,26,32H2,1H3. The summed E-state index contributed by atoms with van der Waals surface area (Å²) in [7, 11) is 0. The number of hydrogen-bond donors (Lipinski definition) is 0. The van der Waals surface area contributed by atoms with Gasteiger partial charge in [-0.2, -0.15) is 9.97 Å². The molecule has 60 heavy (non-hydrogen) atoms. The Balaban J connectivity index is 1.07. The van der Waals surface area contributed by atoms with Gasteiger partial charge in [-0.05, 0) is 89.9 Å². The van der Waals surface area contributed by atoms with E-state index in [2.05, 4.69) is 156 Å². The van der Waals surface area contributed by atoms with E-state index in [1.54, 1.807) is 0 Å². The van der Waals surface area contributed by atoms with Crippen LogP contribution in [0.1, 0.15) is 42.9 Å². The zero-order valence-corrected chi connectivity index (χ0v) is 33.0. The summed E-state index contributed by atoms with van der Waals surface area (Å²) in [5.41, 5.74) is 14.8. The van der Waals surface area contributed by atoms with E-state index < -0.39 is 5.41 Å². The highest BCUT2D eigenvalue weighted by Gasteiger charge is 2.63. The Morgan fingerprint density at radius 3 is 2.15 bits per heavy atom. The first-order valence-electron chi connectivity index (χ1n) is 20.9. The van der Waals surface area contributed by atoms with Gasteiger partial charge < -0.3 is 4.90 Å². The number of aromatic nitrogens is 4. The average Bonchev–Trinajstić information content (AvgIpc) is 4.01. The van der Waals surface area contributed by atoms with Crippen LogP contribution in [0.15, 0.2) is 192 Å². The van der Waals surface area contributed by atoms with Crippen molar-refractivity contribution in [2.45, 2.75) is 37.1 Å². The summed E-state index contributed by atoms with van der Waals surface area (Å²) in [6, 6.07) is 52.0. The van der Waals surface area contributed by atoms with Crippen molar-refractivity contribution in [3.05, 3.63) is 204 Å². The number of anilines is 1. The highest BCUT2D eigenvalue weighted by molar-refractivity contribution is 6.24. The second-order valence-corrected chi connectivity index (χ2v) is 16.7. The number of para-hydroxylation sites is 1. The lowest BCUT2D eigenvalue weighted by molar-refractivity contribution is 0.563. The molecule has 0 saturated carbocycles. The molecule has 0 radical (unpaired) electrons. The number of allylic oxidation sites excluding steroid dienone is 5. The van der Waals surface area contributed by atoms with Gasteiger partial charge in [0.2, 0.25) is 5.95 Å². The molecule has 6 aromatic carbocycles. The van der Waals surface area contributed by atoms with Crippen LogP contribution in [0.3, 0.4) is 0 Å². The maximum absolute atomic E-state index is 5.68. The zero-order valence-electron chi connectivity index (χ0n) is 33.0. The van der Waals surface area contributed by atoms with E-state index in [0.29, 0.717) is 17.6 Å². The molecule has 4 heterocycles. The van der Waals surface area contributed by atoms with Gasteiger partial charge in [0.1, 0.15) is 11.3 Å². The molecule has 0 amide bonds. The van der Waals surface area contributed by atoms with Gasteiger partial charge in [-0.3, -0.25) is 4.57 Å². The van der Waals surface area contributed by atoms with Crippen LogP contribution in [-0.4, -0.2) is 30.9 Å². The summed E-state index contributed by atoms with van der Waals surface area (Å²) in [4.78, 5) is 23.6. The summed E-state index contributed by atoms with van der Waals surface area (Å²) < 4.78 is 2.21. The summed E-state index contributed by atoms with van der Waals surface area (Å²) >= 11 is 0. The maximum atomic E-state index is 5.68. The van der Waals surface area contributed by atoms with Crippen LogP contribution < -0.4 is 4.90 Å². The molecule has 0 saturated heterocycles. The minimum atomic E-state index is -0.515. The molecule has 5 aliphatic rings. The van der Waals surface area contributed by atoms with Gasteiger partial charge in [-0.25, -0.2) is 9.98 Å². The van der Waals surface area contributed by atoms with Crippen LogP contribution in [-0.2, 0) is 5.41 Å². The van der Waals surface area contributed by atoms with E-state index in [0.717, 1.165) is 63.7 Å². The normalized spacial score (nSPS) is 20.6. The van der Waals surface area contributed by atoms with Crippen LogP contribution in [0, 0.1) is 0 Å². The molecule has 13 rings (SSSR count). The van der Waals surface area contributed by atoms with Crippen LogP contribution >= 0.6 is 0 Å². The zero-order chi connectivity index (χ0) is 39.6. The number of hydrogen-bond acceptors (Lipinski definition) is 5. The Hall–Kier alpha value is -7.44. The van der Waals surface area contributed by atoms with E-state index in [-0.39, 0.29) is 5.54 Å². The Bertz CT molecular complexity index is 3250. The van der Waals surface area contributed by atoms with E-state index in [1.165, 1.54) is 44.7 Å². The van der Waals surface area contributed by atoms with Gasteiger partial charge in [-0.1, -0.05) is 146 Å². The van der Waals surface area contributed by atoms with E-state index in [4.69, 9.17) is 19.9 Å². The predicted octanol–water partition coefficient (Wildman–Crippen LogP) is 12.2. The van der Waals surface area contributed by atoms with Crippen molar-refractivity contribution >= 4 is 38.9 Å². The van der Waals surface area contributed by atoms with Crippen molar-refractivity contribution in [3.63, 3.8) is 0 Å². The summed E-state index contributed by atoms with van der Waals surface area (Å²) in [6.07, 6.45) is 14.3. The lowest BCUT2D eigenvalue weighted by Crippen LogP contribution is -2.49. The molecule has 2 aromatic heterocycles. The van der Waals surface area contributed by atoms with E-state index >= 15 is 0 Å². The summed E-state index contributed by atoms with van der Waals surface area (Å²) in [5, 5.41) is 2.30. The third kappa shape index (κ3) is 4.37. The highest BCUT2D eigenvalue weighted by atomic mass is 15.3. The third-order valence-electron chi connectivity index (χ3n) is 13.5. The van der Waals surface area contributed by atoms with Gasteiger partial charge >= 0.3 is 0 Å².